The number of nitrogens with one attached hydrogen (secondary N) is 1. The molecule has 1 aromatic carbocycles. The minimum absolute atomic E-state index is 0.0283. The summed E-state index contributed by atoms with van der Waals surface area (Å²) in [5, 5.41) is 3.41. The first-order valence-corrected chi connectivity index (χ1v) is 12.4. The summed E-state index contributed by atoms with van der Waals surface area (Å²) < 4.78 is 7.68. The fourth-order valence-corrected chi connectivity index (χ4v) is 5.20. The molecule has 176 valence electrons. The summed E-state index contributed by atoms with van der Waals surface area (Å²) in [5.74, 6) is 0.0791. The van der Waals surface area contributed by atoms with Gasteiger partial charge in [-0.05, 0) is 72.7 Å². The van der Waals surface area contributed by atoms with E-state index in [1.807, 2.05) is 18.2 Å². The number of rotatable bonds is 8. The highest BCUT2D eigenvalue weighted by Crippen LogP contribution is 2.36. The van der Waals surface area contributed by atoms with Crippen LogP contribution in [-0.2, 0) is 23.1 Å². The Morgan fingerprint density at radius 1 is 1.27 bits per heavy atom. The molecule has 2 aliphatic rings. The van der Waals surface area contributed by atoms with Crippen molar-refractivity contribution in [1.29, 1.82) is 0 Å². The molecule has 1 N–H and O–H groups in total. The molecule has 1 aliphatic heterocycles. The van der Waals surface area contributed by atoms with Crippen molar-refractivity contribution in [3.05, 3.63) is 74.1 Å². The molecule has 1 saturated heterocycles. The highest BCUT2D eigenvalue weighted by molar-refractivity contribution is 9.10. The first kappa shape index (κ1) is 23.9. The van der Waals surface area contributed by atoms with Crippen LogP contribution in [0.15, 0.2) is 51.9 Å². The van der Waals surface area contributed by atoms with E-state index in [-0.39, 0.29) is 23.3 Å². The first-order chi connectivity index (χ1) is 16.0. The van der Waals surface area contributed by atoms with Gasteiger partial charge in [0, 0.05) is 50.0 Å². The maximum absolute atomic E-state index is 13.9. The van der Waals surface area contributed by atoms with E-state index >= 15 is 0 Å². The molecule has 6 nitrogen and oxygen atoms in total. The Bertz CT molecular complexity index is 1080. The number of aromatic nitrogens is 1. The number of aryl methyl sites for hydroxylation is 1. The minimum Gasteiger partial charge on any atom is -0.381 e. The van der Waals surface area contributed by atoms with Crippen LogP contribution >= 0.6 is 15.9 Å². The molecule has 0 radical (unpaired) electrons. The number of ether oxygens (including phenoxy) is 1. The van der Waals surface area contributed by atoms with E-state index < -0.39 is 0 Å². The van der Waals surface area contributed by atoms with Crippen LogP contribution in [0.25, 0.3) is 6.08 Å². The highest BCUT2D eigenvalue weighted by Gasteiger charge is 2.40. The maximum Gasteiger partial charge on any atom is 0.250 e. The molecular weight excluding hydrogens is 482 g/mol. The van der Waals surface area contributed by atoms with Crippen molar-refractivity contribution in [3.8, 4) is 0 Å². The molecule has 2 heterocycles. The Hall–Kier alpha value is -2.22. The van der Waals surface area contributed by atoms with Crippen LogP contribution < -0.4 is 10.9 Å². The quantitative estimate of drug-likeness (QED) is 0.584. The molecule has 0 spiro atoms. The number of hydrogen-bond donors (Lipinski definition) is 1. The molecule has 2 atom stereocenters. The number of pyridine rings is 1. The summed E-state index contributed by atoms with van der Waals surface area (Å²) in [5.41, 5.74) is 3.13. The molecule has 0 bridgehead atoms. The number of amides is 1. The third-order valence-electron chi connectivity index (χ3n) is 6.53. The molecule has 1 amide bonds. The SMILES string of the molecule is COC/C=C/c1cc(Br)cc(CN(C(=O)[C@H]2CNCC[C@@H]2c2ccn(C)c(=O)c2)C2CC2)c1. The van der Waals surface area contributed by atoms with Gasteiger partial charge in [0.2, 0.25) is 5.91 Å². The van der Waals surface area contributed by atoms with E-state index in [2.05, 4.69) is 44.3 Å². The number of hydrogen-bond acceptors (Lipinski definition) is 4. The minimum atomic E-state index is -0.167. The van der Waals surface area contributed by atoms with Gasteiger partial charge in [0.1, 0.15) is 0 Å². The summed E-state index contributed by atoms with van der Waals surface area (Å²) in [6.07, 6.45) is 8.79. The van der Waals surface area contributed by atoms with Crippen LogP contribution in [0.3, 0.4) is 0 Å². The molecule has 0 unspecified atom stereocenters. The van der Waals surface area contributed by atoms with E-state index in [0.717, 1.165) is 47.0 Å². The van der Waals surface area contributed by atoms with E-state index in [1.54, 1.807) is 31.0 Å². The van der Waals surface area contributed by atoms with Crippen LogP contribution in [-0.4, -0.2) is 48.2 Å². The zero-order valence-electron chi connectivity index (χ0n) is 19.3. The molecule has 1 aromatic heterocycles. The lowest BCUT2D eigenvalue weighted by molar-refractivity contribution is -0.138. The van der Waals surface area contributed by atoms with Crippen LogP contribution in [0.5, 0.6) is 0 Å². The summed E-state index contributed by atoms with van der Waals surface area (Å²) in [6.45, 7) is 2.66. The van der Waals surface area contributed by atoms with Gasteiger partial charge >= 0.3 is 0 Å². The summed E-state index contributed by atoms with van der Waals surface area (Å²) in [7, 11) is 3.43. The lowest BCUT2D eigenvalue weighted by atomic mass is 9.80. The van der Waals surface area contributed by atoms with E-state index in [0.29, 0.717) is 25.7 Å². The van der Waals surface area contributed by atoms with Gasteiger partial charge in [-0.2, -0.15) is 0 Å². The number of benzene rings is 1. The van der Waals surface area contributed by atoms with Gasteiger partial charge in [-0.25, -0.2) is 0 Å². The molecular formula is C26H32BrN3O3. The van der Waals surface area contributed by atoms with Crippen molar-refractivity contribution in [2.24, 2.45) is 13.0 Å². The van der Waals surface area contributed by atoms with Crippen molar-refractivity contribution < 1.29 is 9.53 Å². The van der Waals surface area contributed by atoms with Crippen LogP contribution in [0.2, 0.25) is 0 Å². The second kappa shape index (κ2) is 10.8. The Kier molecular flexibility index (Phi) is 7.83. The van der Waals surface area contributed by atoms with E-state index in [1.165, 1.54) is 0 Å². The van der Waals surface area contributed by atoms with Crippen molar-refractivity contribution in [2.45, 2.75) is 37.8 Å². The second-order valence-electron chi connectivity index (χ2n) is 9.06. The Labute approximate surface area is 203 Å². The van der Waals surface area contributed by atoms with Gasteiger partial charge in [0.05, 0.1) is 12.5 Å². The number of halogens is 1. The van der Waals surface area contributed by atoms with Gasteiger partial charge < -0.3 is 19.5 Å². The molecule has 7 heteroatoms. The second-order valence-corrected chi connectivity index (χ2v) is 9.98. The van der Waals surface area contributed by atoms with Gasteiger partial charge in [0.25, 0.3) is 5.56 Å². The van der Waals surface area contributed by atoms with Crippen molar-refractivity contribution >= 4 is 27.9 Å². The normalized spacial score (nSPS) is 20.8. The molecule has 2 aromatic rings. The lowest BCUT2D eigenvalue weighted by Crippen LogP contribution is -2.47. The highest BCUT2D eigenvalue weighted by atomic mass is 79.9. The summed E-state index contributed by atoms with van der Waals surface area (Å²) in [6, 6.07) is 10.3. The average molecular weight is 514 g/mol. The van der Waals surface area contributed by atoms with Gasteiger partial charge in [-0.15, -0.1) is 0 Å². The number of nitrogens with zero attached hydrogens (tertiary/aromatic N) is 2. The first-order valence-electron chi connectivity index (χ1n) is 11.6. The average Bonchev–Trinajstić information content (AvgIpc) is 3.64. The van der Waals surface area contributed by atoms with Crippen molar-refractivity contribution in [2.75, 3.05) is 26.8 Å². The largest absolute Gasteiger partial charge is 0.381 e. The number of carbonyl (C=O) groups is 1. The lowest BCUT2D eigenvalue weighted by Gasteiger charge is -2.35. The van der Waals surface area contributed by atoms with Gasteiger partial charge in [0.15, 0.2) is 0 Å². The van der Waals surface area contributed by atoms with Crippen molar-refractivity contribution in [1.82, 2.24) is 14.8 Å². The number of carbonyl (C=O) groups excluding carboxylic acids is 1. The summed E-state index contributed by atoms with van der Waals surface area (Å²) >= 11 is 3.62. The Morgan fingerprint density at radius 3 is 2.82 bits per heavy atom. The Morgan fingerprint density at radius 2 is 2.09 bits per heavy atom. The van der Waals surface area contributed by atoms with E-state index in [4.69, 9.17) is 4.74 Å². The van der Waals surface area contributed by atoms with Crippen LogP contribution in [0.1, 0.15) is 41.9 Å². The van der Waals surface area contributed by atoms with Gasteiger partial charge in [-0.1, -0.05) is 28.1 Å². The Balaban J connectivity index is 1.57. The monoisotopic (exact) mass is 513 g/mol. The summed E-state index contributed by atoms with van der Waals surface area (Å²) in [4.78, 5) is 28.2. The molecule has 2 fully saturated rings. The third-order valence-corrected chi connectivity index (χ3v) is 6.99. The molecule has 33 heavy (non-hydrogen) atoms. The molecule has 1 saturated carbocycles. The zero-order valence-corrected chi connectivity index (χ0v) is 20.9. The number of piperidine rings is 1. The van der Waals surface area contributed by atoms with Crippen LogP contribution in [0, 0.1) is 5.92 Å². The maximum atomic E-state index is 13.9. The van der Waals surface area contributed by atoms with E-state index in [9.17, 15) is 9.59 Å². The predicted octanol–water partition coefficient (Wildman–Crippen LogP) is 3.69. The smallest absolute Gasteiger partial charge is 0.250 e. The fraction of sp³-hybridized carbons (Fsp3) is 0.462. The number of methoxy groups -OCH3 is 1. The van der Waals surface area contributed by atoms with Crippen molar-refractivity contribution in [3.63, 3.8) is 0 Å². The topological polar surface area (TPSA) is 63.6 Å². The molecule has 4 rings (SSSR count). The van der Waals surface area contributed by atoms with Crippen LogP contribution in [0.4, 0.5) is 0 Å². The van der Waals surface area contributed by atoms with Gasteiger partial charge in [-0.3, -0.25) is 9.59 Å². The zero-order chi connectivity index (χ0) is 23.4. The standard InChI is InChI=1S/C26H32BrN3O3/c1-29-10-8-20(15-25(29)31)23-7-9-28-16-24(23)26(32)30(22-5-6-22)17-19-12-18(4-3-11-33-2)13-21(27)14-19/h3-4,8,10,12-15,22-24,28H,5-7,9,11,16-17H2,1-2H3/b4-3+/t23-,24+/m1/s1. The molecule has 1 aliphatic carbocycles. The fourth-order valence-electron chi connectivity index (χ4n) is 4.64. The predicted molar refractivity (Wildman–Crippen MR) is 134 cm³/mol. The third kappa shape index (κ3) is 6.02.